The molecule has 24 heavy (non-hydrogen) atoms. The number of nitrogens with zero attached hydrogens (tertiary/aromatic N) is 2. The molecule has 7 heteroatoms. The lowest BCUT2D eigenvalue weighted by atomic mass is 10.2. The standard InChI is InChI=1S/C17H13N3OS3/c18-7-12-2-1-3-14(6-12)19-16(21)11-23-9-15-10-24-17(20-15)13-4-5-22-8-13/h1-6,8,10H,9,11H2,(H,19,21). The minimum atomic E-state index is -0.0802. The number of carbonyl (C=O) groups is 1. The third kappa shape index (κ3) is 4.45. The molecule has 3 rings (SSSR count). The van der Waals surface area contributed by atoms with Crippen molar-refractivity contribution in [2.75, 3.05) is 11.1 Å². The van der Waals surface area contributed by atoms with Crippen LogP contribution in [-0.2, 0) is 10.5 Å². The number of thiazole rings is 1. The molecule has 1 amide bonds. The van der Waals surface area contributed by atoms with Gasteiger partial charge in [-0.1, -0.05) is 6.07 Å². The second-order valence-corrected chi connectivity index (χ2v) is 7.51. The summed E-state index contributed by atoms with van der Waals surface area (Å²) in [6.07, 6.45) is 0. The molecule has 0 aliphatic carbocycles. The number of carbonyl (C=O) groups excluding carboxylic acids is 1. The second-order valence-electron chi connectivity index (χ2n) is 4.89. The molecule has 0 bridgehead atoms. The van der Waals surface area contributed by atoms with E-state index >= 15 is 0 Å². The highest BCUT2D eigenvalue weighted by Crippen LogP contribution is 2.27. The topological polar surface area (TPSA) is 65.8 Å². The molecule has 0 fully saturated rings. The molecule has 1 aromatic carbocycles. The van der Waals surface area contributed by atoms with Gasteiger partial charge in [-0.3, -0.25) is 4.79 Å². The van der Waals surface area contributed by atoms with Crippen molar-refractivity contribution in [1.29, 1.82) is 5.26 Å². The molecule has 0 saturated carbocycles. The molecule has 2 aromatic heterocycles. The van der Waals surface area contributed by atoms with Crippen molar-refractivity contribution in [3.63, 3.8) is 0 Å². The lowest BCUT2D eigenvalue weighted by Crippen LogP contribution is -2.14. The highest BCUT2D eigenvalue weighted by molar-refractivity contribution is 7.99. The van der Waals surface area contributed by atoms with E-state index in [2.05, 4.69) is 27.8 Å². The molecule has 0 unspecified atom stereocenters. The van der Waals surface area contributed by atoms with Gasteiger partial charge in [-0.05, 0) is 29.6 Å². The van der Waals surface area contributed by atoms with Crippen LogP contribution in [0.3, 0.4) is 0 Å². The van der Waals surface area contributed by atoms with Crippen LogP contribution in [0, 0.1) is 11.3 Å². The highest BCUT2D eigenvalue weighted by atomic mass is 32.2. The fraction of sp³-hybridized carbons (Fsp3) is 0.118. The summed E-state index contributed by atoms with van der Waals surface area (Å²) in [5, 5.41) is 18.8. The van der Waals surface area contributed by atoms with Gasteiger partial charge in [0.1, 0.15) is 5.01 Å². The van der Waals surface area contributed by atoms with Gasteiger partial charge in [0.05, 0.1) is 23.1 Å². The van der Waals surface area contributed by atoms with Crippen LogP contribution in [0.1, 0.15) is 11.3 Å². The molecular formula is C17H13N3OS3. The molecule has 1 N–H and O–H groups in total. The van der Waals surface area contributed by atoms with E-state index < -0.39 is 0 Å². The monoisotopic (exact) mass is 371 g/mol. The van der Waals surface area contributed by atoms with Crippen LogP contribution in [0.25, 0.3) is 10.6 Å². The summed E-state index contributed by atoms with van der Waals surface area (Å²) in [6.45, 7) is 0. The van der Waals surface area contributed by atoms with Crippen LogP contribution in [0.5, 0.6) is 0 Å². The number of rotatable bonds is 6. The largest absolute Gasteiger partial charge is 0.325 e. The first-order chi connectivity index (χ1) is 11.7. The number of thiophene rings is 1. The Labute approximate surface area is 152 Å². The highest BCUT2D eigenvalue weighted by Gasteiger charge is 2.07. The smallest absolute Gasteiger partial charge is 0.234 e. The van der Waals surface area contributed by atoms with Gasteiger partial charge in [-0.15, -0.1) is 23.1 Å². The Hall–Kier alpha value is -2.14. The molecule has 0 aliphatic rings. The van der Waals surface area contributed by atoms with Gasteiger partial charge in [0.25, 0.3) is 0 Å². The Kier molecular flexibility index (Phi) is 5.64. The number of nitrogens with one attached hydrogen (secondary N) is 1. The zero-order valence-electron chi connectivity index (χ0n) is 12.6. The zero-order valence-corrected chi connectivity index (χ0v) is 15.0. The predicted molar refractivity (Wildman–Crippen MR) is 101 cm³/mol. The first-order valence-electron chi connectivity index (χ1n) is 7.09. The molecule has 0 atom stereocenters. The van der Waals surface area contributed by atoms with E-state index in [1.807, 2.05) is 10.8 Å². The summed E-state index contributed by atoms with van der Waals surface area (Å²) >= 11 is 4.81. The maximum atomic E-state index is 12.0. The maximum Gasteiger partial charge on any atom is 0.234 e. The van der Waals surface area contributed by atoms with Crippen LogP contribution in [0.2, 0.25) is 0 Å². The van der Waals surface area contributed by atoms with Gasteiger partial charge in [0.15, 0.2) is 0 Å². The van der Waals surface area contributed by atoms with Crippen molar-refractivity contribution in [2.24, 2.45) is 0 Å². The quantitative estimate of drug-likeness (QED) is 0.687. The average molecular weight is 372 g/mol. The van der Waals surface area contributed by atoms with Crippen molar-refractivity contribution >= 4 is 46.0 Å². The summed E-state index contributed by atoms with van der Waals surface area (Å²) in [6, 6.07) is 11.0. The summed E-state index contributed by atoms with van der Waals surface area (Å²) < 4.78 is 0. The fourth-order valence-electron chi connectivity index (χ4n) is 2.00. The van der Waals surface area contributed by atoms with E-state index in [4.69, 9.17) is 5.26 Å². The van der Waals surface area contributed by atoms with E-state index in [-0.39, 0.29) is 5.91 Å². The predicted octanol–water partition coefficient (Wildman–Crippen LogP) is 4.62. The third-order valence-corrected chi connectivity index (χ3v) is 5.67. The van der Waals surface area contributed by atoms with E-state index in [0.29, 0.717) is 22.8 Å². The molecule has 0 saturated heterocycles. The molecule has 3 aromatic rings. The summed E-state index contributed by atoms with van der Waals surface area (Å²) in [5.74, 6) is 0.970. The van der Waals surface area contributed by atoms with Crippen LogP contribution >= 0.6 is 34.4 Å². The number of amides is 1. The summed E-state index contributed by atoms with van der Waals surface area (Å²) in [4.78, 5) is 16.6. The number of benzene rings is 1. The Morgan fingerprint density at radius 1 is 1.33 bits per heavy atom. The van der Waals surface area contributed by atoms with Crippen molar-refractivity contribution < 1.29 is 4.79 Å². The maximum absolute atomic E-state index is 12.0. The number of thioether (sulfide) groups is 1. The lowest BCUT2D eigenvalue weighted by molar-refractivity contribution is -0.113. The van der Waals surface area contributed by atoms with Gasteiger partial charge in [0.2, 0.25) is 5.91 Å². The van der Waals surface area contributed by atoms with Crippen LogP contribution in [0.15, 0.2) is 46.5 Å². The second kappa shape index (κ2) is 8.11. The lowest BCUT2D eigenvalue weighted by Gasteiger charge is -2.04. The normalized spacial score (nSPS) is 10.3. The van der Waals surface area contributed by atoms with Gasteiger partial charge in [0, 0.05) is 27.8 Å². The molecule has 0 radical (unpaired) electrons. The molecule has 2 heterocycles. The Morgan fingerprint density at radius 3 is 3.04 bits per heavy atom. The van der Waals surface area contributed by atoms with Gasteiger partial charge >= 0.3 is 0 Å². The van der Waals surface area contributed by atoms with Gasteiger partial charge < -0.3 is 5.32 Å². The Bertz CT molecular complexity index is 865. The van der Waals surface area contributed by atoms with E-state index in [0.717, 1.165) is 16.3 Å². The number of anilines is 1. The molecule has 0 aliphatic heterocycles. The number of aromatic nitrogens is 1. The van der Waals surface area contributed by atoms with E-state index in [9.17, 15) is 4.79 Å². The van der Waals surface area contributed by atoms with E-state index in [1.165, 1.54) is 11.8 Å². The Balaban J connectivity index is 1.48. The first kappa shape index (κ1) is 16.7. The van der Waals surface area contributed by atoms with Crippen LogP contribution in [0.4, 0.5) is 5.69 Å². The fourth-order valence-corrected chi connectivity index (χ4v) is 4.36. The number of hydrogen-bond acceptors (Lipinski definition) is 6. The van der Waals surface area contributed by atoms with Gasteiger partial charge in [-0.2, -0.15) is 16.6 Å². The third-order valence-electron chi connectivity index (χ3n) is 3.08. The minimum absolute atomic E-state index is 0.0802. The number of hydrogen-bond donors (Lipinski definition) is 1. The van der Waals surface area contributed by atoms with Gasteiger partial charge in [-0.25, -0.2) is 4.98 Å². The zero-order chi connectivity index (χ0) is 16.8. The molecule has 120 valence electrons. The van der Waals surface area contributed by atoms with Crippen molar-refractivity contribution in [3.8, 4) is 16.6 Å². The van der Waals surface area contributed by atoms with Crippen molar-refractivity contribution in [3.05, 3.63) is 57.7 Å². The molecular weight excluding hydrogens is 358 g/mol. The first-order valence-corrected chi connectivity index (χ1v) is 10.1. The van der Waals surface area contributed by atoms with Crippen LogP contribution in [-0.4, -0.2) is 16.6 Å². The molecule has 4 nitrogen and oxygen atoms in total. The van der Waals surface area contributed by atoms with Crippen molar-refractivity contribution in [1.82, 2.24) is 4.98 Å². The van der Waals surface area contributed by atoms with E-state index in [1.54, 1.807) is 46.9 Å². The summed E-state index contributed by atoms with van der Waals surface area (Å²) in [7, 11) is 0. The van der Waals surface area contributed by atoms with Crippen LogP contribution < -0.4 is 5.32 Å². The summed E-state index contributed by atoms with van der Waals surface area (Å²) in [5.41, 5.74) is 3.32. The average Bonchev–Trinajstić information content (AvgIpc) is 3.26. The minimum Gasteiger partial charge on any atom is -0.325 e. The van der Waals surface area contributed by atoms with Crippen molar-refractivity contribution in [2.45, 2.75) is 5.75 Å². The number of nitriles is 1. The SMILES string of the molecule is N#Cc1cccc(NC(=O)CSCc2csc(-c3ccsc3)n2)c1. The molecule has 0 spiro atoms. The Morgan fingerprint density at radius 2 is 2.25 bits per heavy atom.